The molecule has 1 aromatic carbocycles. The minimum absolute atomic E-state index is 0.601. The number of hydrogen-bond acceptors (Lipinski definition) is 5. The number of rotatable bonds is 4. The van der Waals surface area contributed by atoms with E-state index in [1.54, 1.807) is 6.07 Å². The number of anilines is 3. The number of benzene rings is 1. The topological polar surface area (TPSA) is 75.9 Å². The van der Waals surface area contributed by atoms with Gasteiger partial charge in [0.25, 0.3) is 0 Å². The maximum absolute atomic E-state index is 5.41. The Kier molecular flexibility index (Phi) is 4.34. The summed E-state index contributed by atoms with van der Waals surface area (Å²) >= 11 is 3.45. The lowest BCUT2D eigenvalue weighted by Gasteiger charge is -2.11. The number of nitrogens with one attached hydrogen (secondary N) is 2. The van der Waals surface area contributed by atoms with Crippen LogP contribution in [0.25, 0.3) is 0 Å². The summed E-state index contributed by atoms with van der Waals surface area (Å²) < 4.78 is 1.05. The average Bonchev–Trinajstić information content (AvgIpc) is 2.41. The molecular weight excluding hydrogens is 306 g/mol. The average molecular weight is 322 g/mol. The molecule has 2 aromatic rings. The van der Waals surface area contributed by atoms with Gasteiger partial charge in [-0.15, -0.1) is 0 Å². The fourth-order valence-electron chi connectivity index (χ4n) is 1.70. The summed E-state index contributed by atoms with van der Waals surface area (Å²) in [5, 5.41) is 3.28. The molecule has 0 bridgehead atoms. The van der Waals surface area contributed by atoms with Crippen molar-refractivity contribution in [3.05, 3.63) is 40.1 Å². The van der Waals surface area contributed by atoms with Crippen LogP contribution in [0.4, 0.5) is 17.3 Å². The Hall–Kier alpha value is -1.66. The Labute approximate surface area is 120 Å². The molecule has 0 amide bonds. The third-order valence-electron chi connectivity index (χ3n) is 2.69. The zero-order valence-electron chi connectivity index (χ0n) is 10.9. The number of halogens is 1. The molecule has 19 heavy (non-hydrogen) atoms. The monoisotopic (exact) mass is 321 g/mol. The van der Waals surface area contributed by atoms with Crippen molar-refractivity contribution in [2.45, 2.75) is 20.3 Å². The molecule has 0 saturated heterocycles. The van der Waals surface area contributed by atoms with Gasteiger partial charge in [0.05, 0.1) is 0 Å². The maximum Gasteiger partial charge on any atom is 0.145 e. The van der Waals surface area contributed by atoms with Gasteiger partial charge in [0.2, 0.25) is 0 Å². The van der Waals surface area contributed by atoms with E-state index in [1.807, 2.05) is 32.0 Å². The van der Waals surface area contributed by atoms with Crippen LogP contribution in [0.15, 0.2) is 28.7 Å². The summed E-state index contributed by atoms with van der Waals surface area (Å²) in [5.41, 5.74) is 4.69. The van der Waals surface area contributed by atoms with Crippen LogP contribution in [0.3, 0.4) is 0 Å². The third kappa shape index (κ3) is 3.42. The summed E-state index contributed by atoms with van der Waals surface area (Å²) in [6.45, 7) is 4.04. The molecule has 1 aromatic heterocycles. The highest BCUT2D eigenvalue weighted by Crippen LogP contribution is 2.23. The second kappa shape index (κ2) is 5.99. The molecule has 0 radical (unpaired) electrons. The number of nitrogens with zero attached hydrogens (tertiary/aromatic N) is 2. The third-order valence-corrected chi connectivity index (χ3v) is 3.18. The summed E-state index contributed by atoms with van der Waals surface area (Å²) in [6, 6.07) is 7.81. The summed E-state index contributed by atoms with van der Waals surface area (Å²) in [5.74, 6) is 7.48. The first kappa shape index (κ1) is 13.8. The van der Waals surface area contributed by atoms with Crippen molar-refractivity contribution in [2.24, 2.45) is 5.84 Å². The van der Waals surface area contributed by atoms with Crippen LogP contribution in [0.5, 0.6) is 0 Å². The van der Waals surface area contributed by atoms with Crippen LogP contribution < -0.4 is 16.6 Å². The van der Waals surface area contributed by atoms with Gasteiger partial charge in [0, 0.05) is 22.6 Å². The minimum Gasteiger partial charge on any atom is -0.340 e. The Morgan fingerprint density at radius 1 is 1.21 bits per heavy atom. The van der Waals surface area contributed by atoms with Gasteiger partial charge >= 0.3 is 0 Å². The van der Waals surface area contributed by atoms with Crippen molar-refractivity contribution in [3.8, 4) is 0 Å². The van der Waals surface area contributed by atoms with E-state index in [0.717, 1.165) is 33.8 Å². The Balaban J connectivity index is 2.31. The van der Waals surface area contributed by atoms with Gasteiger partial charge in [-0.3, -0.25) is 0 Å². The van der Waals surface area contributed by atoms with Crippen LogP contribution >= 0.6 is 15.9 Å². The zero-order chi connectivity index (χ0) is 13.8. The first-order valence-electron chi connectivity index (χ1n) is 6.00. The lowest BCUT2D eigenvalue weighted by Crippen LogP contribution is -2.11. The van der Waals surface area contributed by atoms with Crippen molar-refractivity contribution in [1.29, 1.82) is 0 Å². The van der Waals surface area contributed by atoms with Gasteiger partial charge in [-0.2, -0.15) is 0 Å². The Bertz CT molecular complexity index is 563. The van der Waals surface area contributed by atoms with Crippen molar-refractivity contribution in [2.75, 3.05) is 10.7 Å². The molecule has 0 unspecified atom stereocenters. The van der Waals surface area contributed by atoms with E-state index in [4.69, 9.17) is 5.84 Å². The predicted octanol–water partition coefficient (Wildman–Crippen LogP) is 3.14. The van der Waals surface area contributed by atoms with Crippen LogP contribution in [0.1, 0.15) is 18.3 Å². The molecule has 5 nitrogen and oxygen atoms in total. The van der Waals surface area contributed by atoms with Crippen molar-refractivity contribution < 1.29 is 0 Å². The smallest absolute Gasteiger partial charge is 0.145 e. The van der Waals surface area contributed by atoms with E-state index in [1.165, 1.54) is 0 Å². The van der Waals surface area contributed by atoms with E-state index in [0.29, 0.717) is 5.82 Å². The highest BCUT2D eigenvalue weighted by Gasteiger charge is 2.05. The minimum atomic E-state index is 0.601. The van der Waals surface area contributed by atoms with Gasteiger partial charge in [0.1, 0.15) is 17.5 Å². The molecule has 2 rings (SSSR count). The van der Waals surface area contributed by atoms with Crippen molar-refractivity contribution in [1.82, 2.24) is 9.97 Å². The molecule has 100 valence electrons. The first-order valence-corrected chi connectivity index (χ1v) is 6.79. The normalized spacial score (nSPS) is 10.3. The summed E-state index contributed by atoms with van der Waals surface area (Å²) in [6.07, 6.45) is 0.753. The first-order chi connectivity index (χ1) is 9.12. The summed E-state index contributed by atoms with van der Waals surface area (Å²) in [7, 11) is 0. The molecule has 1 heterocycles. The number of aryl methyl sites for hydroxylation is 2. The number of nitrogen functional groups attached to an aromatic ring is 1. The molecule has 0 fully saturated rings. The van der Waals surface area contributed by atoms with E-state index < -0.39 is 0 Å². The van der Waals surface area contributed by atoms with E-state index in [-0.39, 0.29) is 0 Å². The number of hydrazine groups is 1. The summed E-state index contributed by atoms with van der Waals surface area (Å²) in [4.78, 5) is 8.68. The maximum atomic E-state index is 5.41. The van der Waals surface area contributed by atoms with E-state index >= 15 is 0 Å². The largest absolute Gasteiger partial charge is 0.340 e. The van der Waals surface area contributed by atoms with E-state index in [9.17, 15) is 0 Å². The molecule has 6 heteroatoms. The van der Waals surface area contributed by atoms with Gasteiger partial charge in [-0.25, -0.2) is 15.8 Å². The lowest BCUT2D eigenvalue weighted by atomic mass is 10.2. The molecular formula is C13H16BrN5. The van der Waals surface area contributed by atoms with Crippen LogP contribution in [-0.4, -0.2) is 9.97 Å². The molecule has 0 spiro atoms. The molecule has 0 aliphatic carbocycles. The number of nitrogens with two attached hydrogens (primary N) is 1. The Morgan fingerprint density at radius 3 is 2.58 bits per heavy atom. The molecule has 0 atom stereocenters. The lowest BCUT2D eigenvalue weighted by molar-refractivity contribution is 0.941. The molecule has 4 N–H and O–H groups in total. The van der Waals surface area contributed by atoms with Crippen LogP contribution in [0, 0.1) is 6.92 Å². The molecule has 0 aliphatic heterocycles. The van der Waals surface area contributed by atoms with Crippen LogP contribution in [-0.2, 0) is 6.42 Å². The molecule has 0 saturated carbocycles. The van der Waals surface area contributed by atoms with Crippen molar-refractivity contribution >= 4 is 33.3 Å². The Morgan fingerprint density at radius 2 is 1.95 bits per heavy atom. The molecule has 0 aliphatic rings. The number of aromatic nitrogens is 2. The van der Waals surface area contributed by atoms with Gasteiger partial charge in [-0.05, 0) is 30.7 Å². The standard InChI is InChI=1S/C13H16BrN5/c1-3-11-17-12(7-13(18-11)19-15)16-10-5-4-9(14)6-8(10)2/h4-7H,3,15H2,1-2H3,(H2,16,17,18,19). The predicted molar refractivity (Wildman–Crippen MR) is 81.4 cm³/mol. The van der Waals surface area contributed by atoms with Gasteiger partial charge < -0.3 is 10.7 Å². The van der Waals surface area contributed by atoms with Gasteiger partial charge in [0.15, 0.2) is 0 Å². The highest BCUT2D eigenvalue weighted by molar-refractivity contribution is 9.10. The fourth-order valence-corrected chi connectivity index (χ4v) is 2.17. The second-order valence-corrected chi connectivity index (χ2v) is 5.05. The van der Waals surface area contributed by atoms with Crippen LogP contribution in [0.2, 0.25) is 0 Å². The second-order valence-electron chi connectivity index (χ2n) is 4.14. The van der Waals surface area contributed by atoms with Gasteiger partial charge in [-0.1, -0.05) is 22.9 Å². The highest BCUT2D eigenvalue weighted by atomic mass is 79.9. The number of hydrogen-bond donors (Lipinski definition) is 3. The SMILES string of the molecule is CCc1nc(NN)cc(Nc2ccc(Br)cc2C)n1. The zero-order valence-corrected chi connectivity index (χ0v) is 12.5. The van der Waals surface area contributed by atoms with Crippen molar-refractivity contribution in [3.63, 3.8) is 0 Å². The fraction of sp³-hybridized carbons (Fsp3) is 0.231. The van der Waals surface area contributed by atoms with E-state index in [2.05, 4.69) is 36.6 Å². The quantitative estimate of drug-likeness (QED) is 0.595.